The molecule has 2 aliphatic rings. The van der Waals surface area contributed by atoms with Crippen molar-refractivity contribution in [3.63, 3.8) is 0 Å². The number of aliphatic imine (C=N–C) groups is 1. The molecule has 0 unspecified atom stereocenters. The quantitative estimate of drug-likeness (QED) is 0.288. The minimum absolute atomic E-state index is 0.108. The van der Waals surface area contributed by atoms with E-state index in [4.69, 9.17) is 15.7 Å². The van der Waals surface area contributed by atoms with Crippen LogP contribution in [0, 0.1) is 28.8 Å². The van der Waals surface area contributed by atoms with E-state index in [1.54, 1.807) is 6.07 Å². The summed E-state index contributed by atoms with van der Waals surface area (Å²) in [6.45, 7) is 0. The molecule has 6 rings (SSSR count). The lowest BCUT2D eigenvalue weighted by Crippen LogP contribution is -2.14. The Labute approximate surface area is 198 Å². The number of ether oxygens (including phenoxy) is 1. The van der Waals surface area contributed by atoms with Crippen LogP contribution in [0.3, 0.4) is 0 Å². The van der Waals surface area contributed by atoms with E-state index in [1.807, 2.05) is 36.4 Å². The van der Waals surface area contributed by atoms with Gasteiger partial charge in [0, 0.05) is 17.2 Å². The number of fused-ring (bicyclic) bond motifs is 8. The van der Waals surface area contributed by atoms with Crippen LogP contribution in [0.25, 0.3) is 11.1 Å². The fourth-order valence-electron chi connectivity index (χ4n) is 4.77. The average Bonchev–Trinajstić information content (AvgIpc) is 3.42. The SMILES string of the molecule is N#Cc1cc(N=C(N)c2ccc3c(c2)[C@@H]2O[C@H]3c3ccc(-c4ccc(F)cc4F)cc32)ccc1F. The molecule has 0 saturated carbocycles. The molecule has 0 saturated heterocycles. The number of amidine groups is 1. The van der Waals surface area contributed by atoms with Gasteiger partial charge in [-0.2, -0.15) is 5.26 Å². The first kappa shape index (κ1) is 21.1. The van der Waals surface area contributed by atoms with E-state index in [0.29, 0.717) is 22.4 Å². The van der Waals surface area contributed by atoms with Crippen molar-refractivity contribution in [2.45, 2.75) is 12.2 Å². The smallest absolute Gasteiger partial charge is 0.141 e. The largest absolute Gasteiger partial charge is 0.383 e. The normalized spacial score (nSPS) is 17.7. The molecule has 4 nitrogen and oxygen atoms in total. The van der Waals surface area contributed by atoms with Crippen molar-refractivity contribution < 1.29 is 17.9 Å². The molecular formula is C28H16F3N3O. The third kappa shape index (κ3) is 3.38. The molecule has 2 atom stereocenters. The van der Waals surface area contributed by atoms with Gasteiger partial charge in [0.05, 0.1) is 11.3 Å². The summed E-state index contributed by atoms with van der Waals surface area (Å²) < 4.78 is 47.6. The van der Waals surface area contributed by atoms with Crippen molar-refractivity contribution in [3.05, 3.63) is 124 Å². The van der Waals surface area contributed by atoms with Crippen LogP contribution in [0.5, 0.6) is 0 Å². The first-order chi connectivity index (χ1) is 16.9. The highest BCUT2D eigenvalue weighted by molar-refractivity contribution is 5.99. The molecule has 0 spiro atoms. The van der Waals surface area contributed by atoms with Gasteiger partial charge in [-0.3, -0.25) is 0 Å². The zero-order valence-electron chi connectivity index (χ0n) is 18.1. The van der Waals surface area contributed by atoms with Gasteiger partial charge in [0.2, 0.25) is 0 Å². The van der Waals surface area contributed by atoms with Gasteiger partial charge in [-0.15, -0.1) is 0 Å². The lowest BCUT2D eigenvalue weighted by Gasteiger charge is -2.18. The molecule has 4 aromatic carbocycles. The summed E-state index contributed by atoms with van der Waals surface area (Å²) in [4.78, 5) is 4.34. The number of hydrogen-bond donors (Lipinski definition) is 1. The molecule has 0 aromatic heterocycles. The van der Waals surface area contributed by atoms with Crippen molar-refractivity contribution in [2.24, 2.45) is 10.7 Å². The van der Waals surface area contributed by atoms with Gasteiger partial charge in [0.1, 0.15) is 41.6 Å². The molecule has 2 bridgehead atoms. The van der Waals surface area contributed by atoms with Gasteiger partial charge in [-0.05, 0) is 70.3 Å². The highest BCUT2D eigenvalue weighted by Gasteiger charge is 2.43. The molecule has 7 heteroatoms. The maximum absolute atomic E-state index is 14.4. The predicted molar refractivity (Wildman–Crippen MR) is 125 cm³/mol. The Morgan fingerprint density at radius 3 is 2.31 bits per heavy atom. The van der Waals surface area contributed by atoms with Crippen LogP contribution in [0.15, 0.2) is 77.8 Å². The number of hydrogen-bond acceptors (Lipinski definition) is 3. The maximum Gasteiger partial charge on any atom is 0.141 e. The Morgan fingerprint density at radius 2 is 1.54 bits per heavy atom. The lowest BCUT2D eigenvalue weighted by atomic mass is 9.83. The number of nitrogens with two attached hydrogens (primary N) is 1. The summed E-state index contributed by atoms with van der Waals surface area (Å²) in [5.41, 5.74) is 12.0. The summed E-state index contributed by atoms with van der Waals surface area (Å²) in [6.07, 6.45) is -0.586. The molecule has 0 fully saturated rings. The van der Waals surface area contributed by atoms with Crippen molar-refractivity contribution in [1.82, 2.24) is 0 Å². The van der Waals surface area contributed by atoms with Crippen LogP contribution in [-0.2, 0) is 4.74 Å². The van der Waals surface area contributed by atoms with Crippen molar-refractivity contribution in [1.29, 1.82) is 5.26 Å². The van der Waals surface area contributed by atoms with Crippen LogP contribution in [0.2, 0.25) is 0 Å². The summed E-state index contributed by atoms with van der Waals surface area (Å²) >= 11 is 0. The monoisotopic (exact) mass is 467 g/mol. The number of nitrogens with zero attached hydrogens (tertiary/aromatic N) is 2. The molecule has 2 aliphatic heterocycles. The van der Waals surface area contributed by atoms with Crippen LogP contribution < -0.4 is 5.73 Å². The lowest BCUT2D eigenvalue weighted by molar-refractivity contribution is 0.0857. The van der Waals surface area contributed by atoms with E-state index in [9.17, 15) is 13.2 Å². The highest BCUT2D eigenvalue weighted by atomic mass is 19.1. The zero-order chi connectivity index (χ0) is 24.3. The van der Waals surface area contributed by atoms with Gasteiger partial charge in [0.15, 0.2) is 0 Å². The van der Waals surface area contributed by atoms with E-state index < -0.39 is 17.5 Å². The molecule has 2 N–H and O–H groups in total. The van der Waals surface area contributed by atoms with Crippen LogP contribution in [0.4, 0.5) is 18.9 Å². The Hall–Kier alpha value is -4.41. The number of nitriles is 1. The summed E-state index contributed by atoms with van der Waals surface area (Å²) in [5.74, 6) is -1.65. The maximum atomic E-state index is 14.4. The van der Waals surface area contributed by atoms with Gasteiger partial charge in [0.25, 0.3) is 0 Å². The van der Waals surface area contributed by atoms with E-state index >= 15 is 0 Å². The van der Waals surface area contributed by atoms with Gasteiger partial charge in [-0.1, -0.05) is 24.3 Å². The van der Waals surface area contributed by atoms with Crippen LogP contribution >= 0.6 is 0 Å². The third-order valence-corrected chi connectivity index (χ3v) is 6.43. The molecule has 4 aromatic rings. The fourth-order valence-corrected chi connectivity index (χ4v) is 4.77. The highest BCUT2D eigenvalue weighted by Crippen LogP contribution is 2.54. The summed E-state index contributed by atoms with van der Waals surface area (Å²) in [6, 6.07) is 20.6. The van der Waals surface area contributed by atoms with E-state index in [1.165, 1.54) is 30.3 Å². The minimum Gasteiger partial charge on any atom is -0.383 e. The number of benzene rings is 4. The summed E-state index contributed by atoms with van der Waals surface area (Å²) in [7, 11) is 0. The predicted octanol–water partition coefficient (Wildman–Crippen LogP) is 6.20. The third-order valence-electron chi connectivity index (χ3n) is 6.43. The molecule has 0 radical (unpaired) electrons. The molecule has 0 aliphatic carbocycles. The molecular weight excluding hydrogens is 451 g/mol. The molecule has 2 heterocycles. The molecule has 0 amide bonds. The Bertz CT molecular complexity index is 1610. The zero-order valence-corrected chi connectivity index (χ0v) is 18.1. The Morgan fingerprint density at radius 1 is 0.800 bits per heavy atom. The molecule has 35 heavy (non-hydrogen) atoms. The Balaban J connectivity index is 1.36. The van der Waals surface area contributed by atoms with Crippen LogP contribution in [0.1, 0.15) is 45.6 Å². The van der Waals surface area contributed by atoms with Crippen molar-refractivity contribution in [3.8, 4) is 17.2 Å². The second-order valence-electron chi connectivity index (χ2n) is 8.48. The van der Waals surface area contributed by atoms with E-state index in [0.717, 1.165) is 28.3 Å². The standard InChI is InChI=1S/C28H16F3N3O/c29-17-3-7-19(25(31)12-17)14-1-5-20-22(10-14)27-23-11-15(2-6-21(23)26(20)35-27)28(33)34-18-4-8-24(30)16(9-18)13-32/h1-12,26-27H,(H2,33,34)/t26-,27+/m0/s1. The minimum atomic E-state index is -0.625. The van der Waals surface area contributed by atoms with Gasteiger partial charge in [-0.25, -0.2) is 18.2 Å². The summed E-state index contributed by atoms with van der Waals surface area (Å²) in [5, 5.41) is 9.04. The van der Waals surface area contributed by atoms with E-state index in [-0.39, 0.29) is 23.6 Å². The van der Waals surface area contributed by atoms with Gasteiger partial charge >= 0.3 is 0 Å². The average molecular weight is 467 g/mol. The fraction of sp³-hybridized carbons (Fsp3) is 0.0714. The van der Waals surface area contributed by atoms with Crippen LogP contribution in [-0.4, -0.2) is 5.84 Å². The van der Waals surface area contributed by atoms with E-state index in [2.05, 4.69) is 4.99 Å². The van der Waals surface area contributed by atoms with Gasteiger partial charge < -0.3 is 10.5 Å². The first-order valence-corrected chi connectivity index (χ1v) is 10.9. The number of rotatable bonds is 3. The molecule has 170 valence electrons. The number of halogens is 3. The second-order valence-corrected chi connectivity index (χ2v) is 8.48. The second kappa shape index (κ2) is 7.83. The first-order valence-electron chi connectivity index (χ1n) is 10.9. The van der Waals surface area contributed by atoms with Crippen molar-refractivity contribution >= 4 is 11.5 Å². The van der Waals surface area contributed by atoms with Crippen molar-refractivity contribution in [2.75, 3.05) is 0 Å². The Kier molecular flexibility index (Phi) is 4.73. The topological polar surface area (TPSA) is 71.4 Å².